The zero-order valence-corrected chi connectivity index (χ0v) is 7.75. The maximum Gasteiger partial charge on any atom is 0.114 e. The standard InChI is InChI=1S/C8H16O5/c1-4-6(10)7(11)8(12-2)5(3-9)13-4/h4-11H,3H2,1-2H3/t4-,5?,6?,7?,8-/m1/s1. The molecule has 5 atom stereocenters. The second-order valence-corrected chi connectivity index (χ2v) is 3.24. The fourth-order valence-corrected chi connectivity index (χ4v) is 1.56. The average molecular weight is 192 g/mol. The summed E-state index contributed by atoms with van der Waals surface area (Å²) in [6.45, 7) is 1.41. The Balaban J connectivity index is 2.69. The molecule has 78 valence electrons. The highest BCUT2D eigenvalue weighted by molar-refractivity contribution is 4.91. The Hall–Kier alpha value is -0.200. The molecule has 0 aliphatic carbocycles. The van der Waals surface area contributed by atoms with Gasteiger partial charge >= 0.3 is 0 Å². The lowest BCUT2D eigenvalue weighted by molar-refractivity contribution is -0.231. The molecule has 1 aliphatic heterocycles. The van der Waals surface area contributed by atoms with Crippen LogP contribution in [0.15, 0.2) is 0 Å². The molecule has 1 rings (SSSR count). The molecule has 0 aromatic heterocycles. The van der Waals surface area contributed by atoms with Gasteiger partial charge in [-0.15, -0.1) is 0 Å². The lowest BCUT2D eigenvalue weighted by Crippen LogP contribution is -2.58. The Morgan fingerprint density at radius 3 is 2.38 bits per heavy atom. The summed E-state index contributed by atoms with van der Waals surface area (Å²) in [5.74, 6) is 0. The lowest BCUT2D eigenvalue weighted by Gasteiger charge is -2.40. The van der Waals surface area contributed by atoms with E-state index in [1.807, 2.05) is 0 Å². The second-order valence-electron chi connectivity index (χ2n) is 3.24. The summed E-state index contributed by atoms with van der Waals surface area (Å²) >= 11 is 0. The van der Waals surface area contributed by atoms with E-state index >= 15 is 0 Å². The van der Waals surface area contributed by atoms with Crippen LogP contribution in [0.3, 0.4) is 0 Å². The van der Waals surface area contributed by atoms with Crippen molar-refractivity contribution >= 4 is 0 Å². The maximum absolute atomic E-state index is 9.54. The number of ether oxygens (including phenoxy) is 2. The first-order valence-electron chi connectivity index (χ1n) is 4.27. The van der Waals surface area contributed by atoms with Crippen LogP contribution in [-0.4, -0.2) is 59.6 Å². The van der Waals surface area contributed by atoms with Gasteiger partial charge < -0.3 is 24.8 Å². The highest BCUT2D eigenvalue weighted by Gasteiger charge is 2.42. The van der Waals surface area contributed by atoms with Crippen molar-refractivity contribution in [2.24, 2.45) is 0 Å². The monoisotopic (exact) mass is 192 g/mol. The van der Waals surface area contributed by atoms with Crippen LogP contribution >= 0.6 is 0 Å². The minimum absolute atomic E-state index is 0.230. The molecule has 0 aromatic carbocycles. The van der Waals surface area contributed by atoms with E-state index in [4.69, 9.17) is 14.6 Å². The van der Waals surface area contributed by atoms with E-state index in [1.165, 1.54) is 7.11 Å². The van der Waals surface area contributed by atoms with E-state index in [-0.39, 0.29) is 6.61 Å². The number of rotatable bonds is 2. The molecular weight excluding hydrogens is 176 g/mol. The van der Waals surface area contributed by atoms with Crippen LogP contribution in [0.4, 0.5) is 0 Å². The van der Waals surface area contributed by atoms with E-state index in [0.29, 0.717) is 0 Å². The van der Waals surface area contributed by atoms with Crippen LogP contribution in [0, 0.1) is 0 Å². The van der Waals surface area contributed by atoms with E-state index in [0.717, 1.165) is 0 Å². The summed E-state index contributed by atoms with van der Waals surface area (Å²) in [4.78, 5) is 0. The predicted molar refractivity (Wildman–Crippen MR) is 44.2 cm³/mol. The van der Waals surface area contributed by atoms with E-state index in [9.17, 15) is 10.2 Å². The van der Waals surface area contributed by atoms with Crippen LogP contribution in [-0.2, 0) is 9.47 Å². The van der Waals surface area contributed by atoms with Gasteiger partial charge in [-0.05, 0) is 6.92 Å². The van der Waals surface area contributed by atoms with Gasteiger partial charge in [-0.2, -0.15) is 0 Å². The molecule has 5 nitrogen and oxygen atoms in total. The van der Waals surface area contributed by atoms with Crippen molar-refractivity contribution in [2.75, 3.05) is 13.7 Å². The molecule has 0 spiro atoms. The minimum atomic E-state index is -1.01. The Morgan fingerprint density at radius 2 is 1.92 bits per heavy atom. The van der Waals surface area contributed by atoms with Gasteiger partial charge in [0.2, 0.25) is 0 Å². The van der Waals surface area contributed by atoms with Gasteiger partial charge in [-0.1, -0.05) is 0 Å². The Labute approximate surface area is 76.9 Å². The number of aliphatic hydroxyl groups excluding tert-OH is 3. The second kappa shape index (κ2) is 4.34. The normalized spacial score (nSPS) is 46.4. The third-order valence-corrected chi connectivity index (χ3v) is 2.38. The fourth-order valence-electron chi connectivity index (χ4n) is 1.56. The van der Waals surface area contributed by atoms with Gasteiger partial charge in [0, 0.05) is 7.11 Å². The molecule has 0 aromatic rings. The average Bonchev–Trinajstić information content (AvgIpc) is 2.13. The van der Waals surface area contributed by atoms with Crippen molar-refractivity contribution in [3.05, 3.63) is 0 Å². The lowest BCUT2D eigenvalue weighted by atomic mass is 9.96. The topological polar surface area (TPSA) is 79.2 Å². The van der Waals surface area contributed by atoms with Gasteiger partial charge in [-0.3, -0.25) is 0 Å². The van der Waals surface area contributed by atoms with E-state index in [1.54, 1.807) is 6.92 Å². The van der Waals surface area contributed by atoms with Crippen molar-refractivity contribution < 1.29 is 24.8 Å². The number of aliphatic hydroxyl groups is 3. The zero-order chi connectivity index (χ0) is 10.0. The number of hydrogen-bond acceptors (Lipinski definition) is 5. The third kappa shape index (κ3) is 2.00. The summed E-state index contributed by atoms with van der Waals surface area (Å²) in [5.41, 5.74) is 0. The fraction of sp³-hybridized carbons (Fsp3) is 1.00. The summed E-state index contributed by atoms with van der Waals surface area (Å²) < 4.78 is 10.2. The van der Waals surface area contributed by atoms with Crippen molar-refractivity contribution in [3.8, 4) is 0 Å². The maximum atomic E-state index is 9.54. The van der Waals surface area contributed by atoms with Gasteiger partial charge in [0.15, 0.2) is 0 Å². The summed E-state index contributed by atoms with van der Waals surface area (Å²) in [6, 6.07) is 0. The number of methoxy groups -OCH3 is 1. The molecule has 0 bridgehead atoms. The van der Waals surface area contributed by atoms with Gasteiger partial charge in [-0.25, -0.2) is 0 Å². The minimum Gasteiger partial charge on any atom is -0.394 e. The smallest absolute Gasteiger partial charge is 0.114 e. The quantitative estimate of drug-likeness (QED) is 0.496. The Bertz CT molecular complexity index is 161. The van der Waals surface area contributed by atoms with Crippen LogP contribution in [0.25, 0.3) is 0 Å². The molecule has 0 saturated carbocycles. The van der Waals surface area contributed by atoms with Crippen LogP contribution in [0.5, 0.6) is 0 Å². The highest BCUT2D eigenvalue weighted by Crippen LogP contribution is 2.22. The highest BCUT2D eigenvalue weighted by atomic mass is 16.6. The van der Waals surface area contributed by atoms with Crippen molar-refractivity contribution in [1.82, 2.24) is 0 Å². The molecule has 1 heterocycles. The van der Waals surface area contributed by atoms with Crippen LogP contribution in [0.1, 0.15) is 6.92 Å². The molecule has 3 N–H and O–H groups in total. The predicted octanol–water partition coefficient (Wildman–Crippen LogP) is -1.50. The van der Waals surface area contributed by atoms with Gasteiger partial charge in [0.1, 0.15) is 24.4 Å². The first-order valence-corrected chi connectivity index (χ1v) is 4.27. The molecule has 0 radical (unpaired) electrons. The molecule has 13 heavy (non-hydrogen) atoms. The molecule has 1 aliphatic rings. The number of hydrogen-bond donors (Lipinski definition) is 3. The molecular formula is C8H16O5. The molecule has 5 heteroatoms. The molecule has 3 unspecified atom stereocenters. The van der Waals surface area contributed by atoms with Crippen LogP contribution in [0.2, 0.25) is 0 Å². The van der Waals surface area contributed by atoms with E-state index in [2.05, 4.69) is 0 Å². The molecule has 0 amide bonds. The summed E-state index contributed by atoms with van der Waals surface area (Å²) in [6.07, 6.45) is -3.70. The molecule has 1 fully saturated rings. The van der Waals surface area contributed by atoms with Gasteiger partial charge in [0.05, 0.1) is 12.7 Å². The first-order chi connectivity index (χ1) is 6.11. The Kier molecular flexibility index (Phi) is 3.63. The SMILES string of the molecule is CO[C@@H]1C(CO)O[C@H](C)C(O)C1O. The largest absolute Gasteiger partial charge is 0.394 e. The van der Waals surface area contributed by atoms with Crippen molar-refractivity contribution in [1.29, 1.82) is 0 Å². The zero-order valence-electron chi connectivity index (χ0n) is 7.75. The summed E-state index contributed by atoms with van der Waals surface area (Å²) in [7, 11) is 1.41. The van der Waals surface area contributed by atoms with Crippen molar-refractivity contribution in [2.45, 2.75) is 37.4 Å². The summed E-state index contributed by atoms with van der Waals surface area (Å²) in [5, 5.41) is 27.9. The van der Waals surface area contributed by atoms with Crippen LogP contribution < -0.4 is 0 Å². The molecule has 1 saturated heterocycles. The van der Waals surface area contributed by atoms with E-state index < -0.39 is 30.5 Å². The first kappa shape index (κ1) is 10.9. The van der Waals surface area contributed by atoms with Crippen molar-refractivity contribution in [3.63, 3.8) is 0 Å². The van der Waals surface area contributed by atoms with Gasteiger partial charge in [0.25, 0.3) is 0 Å². The third-order valence-electron chi connectivity index (χ3n) is 2.38. The Morgan fingerprint density at radius 1 is 1.31 bits per heavy atom.